The molecule has 9 heteroatoms. The molecule has 2 aromatic carbocycles. The van der Waals surface area contributed by atoms with E-state index in [0.717, 1.165) is 11.1 Å². The molecule has 1 aromatic heterocycles. The highest BCUT2D eigenvalue weighted by atomic mass is 16.4. The zero-order chi connectivity index (χ0) is 24.4. The molecular formula is C26H28N6O3. The summed E-state index contributed by atoms with van der Waals surface area (Å²) < 4.78 is 0. The second kappa shape index (κ2) is 9.71. The summed E-state index contributed by atoms with van der Waals surface area (Å²) in [5.74, 6) is -0.191. The van der Waals surface area contributed by atoms with Crippen LogP contribution in [-0.4, -0.2) is 86.6 Å². The predicted octanol–water partition coefficient (Wildman–Crippen LogP) is 2.38. The Bertz CT molecular complexity index is 1150. The molecular weight excluding hydrogens is 444 g/mol. The summed E-state index contributed by atoms with van der Waals surface area (Å²) >= 11 is 0. The normalized spacial score (nSPS) is 20.5. The minimum Gasteiger partial charge on any atom is -0.465 e. The minimum absolute atomic E-state index is 0.0139. The van der Waals surface area contributed by atoms with Gasteiger partial charge in [-0.1, -0.05) is 60.7 Å². The van der Waals surface area contributed by atoms with E-state index in [0.29, 0.717) is 32.7 Å². The van der Waals surface area contributed by atoms with E-state index in [2.05, 4.69) is 39.1 Å². The molecule has 1 unspecified atom stereocenters. The first-order chi connectivity index (χ1) is 17.0. The minimum atomic E-state index is -0.948. The first-order valence-corrected chi connectivity index (χ1v) is 11.7. The van der Waals surface area contributed by atoms with Crippen molar-refractivity contribution in [1.29, 1.82) is 0 Å². The average molecular weight is 473 g/mol. The number of nitrogens with zero attached hydrogens (tertiary/aromatic N) is 5. The molecule has 3 N–H and O–H groups in total. The Morgan fingerprint density at radius 1 is 0.857 bits per heavy atom. The van der Waals surface area contributed by atoms with Gasteiger partial charge in [0.2, 0.25) is 0 Å². The monoisotopic (exact) mass is 472 g/mol. The Morgan fingerprint density at radius 2 is 1.46 bits per heavy atom. The number of nitrogens with two attached hydrogens (primary N) is 1. The van der Waals surface area contributed by atoms with Crippen molar-refractivity contribution in [2.75, 3.05) is 38.5 Å². The molecule has 0 spiro atoms. The van der Waals surface area contributed by atoms with Crippen LogP contribution in [-0.2, 0) is 0 Å². The van der Waals surface area contributed by atoms with Crippen LogP contribution in [0.3, 0.4) is 0 Å². The van der Waals surface area contributed by atoms with Crippen LogP contribution < -0.4 is 5.73 Å². The molecule has 0 saturated carbocycles. The number of piperazine rings is 2. The maximum absolute atomic E-state index is 13.2. The summed E-state index contributed by atoms with van der Waals surface area (Å²) in [7, 11) is 0. The van der Waals surface area contributed by atoms with Gasteiger partial charge in [0.15, 0.2) is 11.5 Å². The fraction of sp³-hybridized carbons (Fsp3) is 0.308. The maximum atomic E-state index is 13.2. The van der Waals surface area contributed by atoms with Crippen LogP contribution in [0.5, 0.6) is 0 Å². The van der Waals surface area contributed by atoms with Gasteiger partial charge >= 0.3 is 6.09 Å². The first kappa shape index (κ1) is 22.8. The van der Waals surface area contributed by atoms with Gasteiger partial charge in [-0.25, -0.2) is 14.8 Å². The molecule has 3 aromatic rings. The van der Waals surface area contributed by atoms with E-state index in [9.17, 15) is 14.7 Å². The van der Waals surface area contributed by atoms with Gasteiger partial charge in [0, 0.05) is 63.1 Å². The average Bonchev–Trinajstić information content (AvgIpc) is 2.89. The number of rotatable bonds is 4. The number of nitrogen functional groups attached to an aromatic ring is 1. The molecule has 2 aliphatic heterocycles. The zero-order valence-corrected chi connectivity index (χ0v) is 19.3. The Labute approximate surface area is 203 Å². The zero-order valence-electron chi connectivity index (χ0n) is 19.3. The molecule has 2 amide bonds. The van der Waals surface area contributed by atoms with Crippen molar-refractivity contribution in [3.8, 4) is 0 Å². The van der Waals surface area contributed by atoms with Crippen molar-refractivity contribution >= 4 is 17.8 Å². The summed E-state index contributed by atoms with van der Waals surface area (Å²) in [6.45, 7) is 2.26. The van der Waals surface area contributed by atoms with E-state index in [1.165, 1.54) is 17.3 Å². The quantitative estimate of drug-likeness (QED) is 0.599. The van der Waals surface area contributed by atoms with Crippen molar-refractivity contribution in [2.24, 2.45) is 0 Å². The van der Waals surface area contributed by atoms with Gasteiger partial charge < -0.3 is 20.6 Å². The summed E-state index contributed by atoms with van der Waals surface area (Å²) in [6.07, 6.45) is 1.96. The van der Waals surface area contributed by atoms with Crippen LogP contribution in [0.2, 0.25) is 0 Å². The number of amides is 2. The number of hydrogen-bond donors (Lipinski definition) is 2. The van der Waals surface area contributed by atoms with E-state index < -0.39 is 6.09 Å². The third-order valence-electron chi connectivity index (χ3n) is 6.98. The van der Waals surface area contributed by atoms with Crippen LogP contribution >= 0.6 is 0 Å². The molecule has 3 heterocycles. The van der Waals surface area contributed by atoms with Crippen molar-refractivity contribution in [3.63, 3.8) is 0 Å². The van der Waals surface area contributed by atoms with E-state index in [1.54, 1.807) is 4.90 Å². The maximum Gasteiger partial charge on any atom is 0.407 e. The number of carbonyl (C=O) groups excluding carboxylic acids is 1. The molecule has 0 bridgehead atoms. The second-order valence-corrected chi connectivity index (χ2v) is 8.99. The van der Waals surface area contributed by atoms with Gasteiger partial charge in [0.05, 0.1) is 0 Å². The van der Waals surface area contributed by atoms with Crippen molar-refractivity contribution in [2.45, 2.75) is 18.0 Å². The molecule has 180 valence electrons. The summed E-state index contributed by atoms with van der Waals surface area (Å²) in [5, 5.41) is 9.95. The van der Waals surface area contributed by atoms with E-state index in [1.807, 2.05) is 36.4 Å². The molecule has 2 aliphatic rings. The lowest BCUT2D eigenvalue weighted by Crippen LogP contribution is -2.68. The highest BCUT2D eigenvalue weighted by Gasteiger charge is 2.44. The van der Waals surface area contributed by atoms with Crippen LogP contribution in [0.1, 0.15) is 27.5 Å². The Morgan fingerprint density at radius 3 is 2.06 bits per heavy atom. The van der Waals surface area contributed by atoms with Crippen LogP contribution in [0, 0.1) is 0 Å². The number of carboxylic acid groups (broad SMARTS) is 1. The standard InChI is InChI=1S/C26H28N6O3/c27-24-23(28-11-12-29-24)25(33)30-13-14-32-20(15-30)16-31(26(34)35)17-21(32)22(18-7-3-1-4-8-18)19-9-5-2-6-10-19/h1-12,20-22H,13-17H2,(H2,27,29)(H,34,35)/t20-,21?/m0/s1. The van der Waals surface area contributed by atoms with E-state index >= 15 is 0 Å². The fourth-order valence-corrected chi connectivity index (χ4v) is 5.39. The summed E-state index contributed by atoms with van der Waals surface area (Å²) in [5.41, 5.74) is 8.31. The van der Waals surface area contributed by atoms with Gasteiger partial charge in [0.1, 0.15) is 0 Å². The van der Waals surface area contributed by atoms with Gasteiger partial charge in [-0.15, -0.1) is 0 Å². The molecule has 5 rings (SSSR count). The van der Waals surface area contributed by atoms with Gasteiger partial charge in [0.25, 0.3) is 5.91 Å². The van der Waals surface area contributed by atoms with Crippen molar-refractivity contribution < 1.29 is 14.7 Å². The first-order valence-electron chi connectivity index (χ1n) is 11.7. The van der Waals surface area contributed by atoms with E-state index in [-0.39, 0.29) is 35.4 Å². The third-order valence-corrected chi connectivity index (χ3v) is 6.98. The molecule has 35 heavy (non-hydrogen) atoms. The number of fused-ring (bicyclic) bond motifs is 1. The second-order valence-electron chi connectivity index (χ2n) is 8.99. The van der Waals surface area contributed by atoms with E-state index in [4.69, 9.17) is 5.73 Å². The lowest BCUT2D eigenvalue weighted by Gasteiger charge is -2.52. The summed E-state index contributed by atoms with van der Waals surface area (Å²) in [4.78, 5) is 39.0. The topological polar surface area (TPSA) is 116 Å². The SMILES string of the molecule is Nc1nccnc1C(=O)N1CCN2C(C(c3ccccc3)c3ccccc3)CN(C(=O)O)C[C@@H]2C1. The Balaban J connectivity index is 1.48. The Kier molecular flexibility index (Phi) is 6.33. The number of hydrogen-bond acceptors (Lipinski definition) is 6. The molecule has 2 fully saturated rings. The van der Waals surface area contributed by atoms with Crippen molar-refractivity contribution in [1.82, 2.24) is 24.7 Å². The fourth-order valence-electron chi connectivity index (χ4n) is 5.39. The molecule has 0 aliphatic carbocycles. The van der Waals surface area contributed by atoms with Crippen LogP contribution in [0.15, 0.2) is 73.1 Å². The van der Waals surface area contributed by atoms with Crippen molar-refractivity contribution in [3.05, 3.63) is 89.9 Å². The van der Waals surface area contributed by atoms with Gasteiger partial charge in [-0.2, -0.15) is 0 Å². The summed E-state index contributed by atoms with van der Waals surface area (Å²) in [6, 6.07) is 20.2. The number of benzene rings is 2. The van der Waals surface area contributed by atoms with Crippen LogP contribution in [0.25, 0.3) is 0 Å². The highest BCUT2D eigenvalue weighted by Crippen LogP contribution is 2.35. The Hall–Kier alpha value is -3.98. The van der Waals surface area contributed by atoms with Gasteiger partial charge in [-0.3, -0.25) is 9.69 Å². The smallest absolute Gasteiger partial charge is 0.407 e. The largest absolute Gasteiger partial charge is 0.465 e. The molecule has 2 saturated heterocycles. The lowest BCUT2D eigenvalue weighted by atomic mass is 9.82. The predicted molar refractivity (Wildman–Crippen MR) is 131 cm³/mol. The number of aromatic nitrogens is 2. The number of carbonyl (C=O) groups is 2. The molecule has 0 radical (unpaired) electrons. The van der Waals surface area contributed by atoms with Crippen LogP contribution in [0.4, 0.5) is 10.6 Å². The van der Waals surface area contributed by atoms with Gasteiger partial charge in [-0.05, 0) is 11.1 Å². The third kappa shape index (κ3) is 4.54. The highest BCUT2D eigenvalue weighted by molar-refractivity contribution is 5.96. The molecule has 2 atom stereocenters. The molecule has 9 nitrogen and oxygen atoms in total. The lowest BCUT2D eigenvalue weighted by molar-refractivity contribution is -0.0209. The number of anilines is 1.